The molecule has 50 heavy (non-hydrogen) atoms. The van der Waals surface area contributed by atoms with E-state index in [9.17, 15) is 23.2 Å². The van der Waals surface area contributed by atoms with E-state index in [1.54, 1.807) is 15.9 Å². The summed E-state index contributed by atoms with van der Waals surface area (Å²) in [6.07, 6.45) is 3.77. The molecule has 1 saturated carbocycles. The zero-order chi connectivity index (χ0) is 35.8. The molecule has 0 radical (unpaired) electrons. The summed E-state index contributed by atoms with van der Waals surface area (Å²) in [7, 11) is 4.05. The Morgan fingerprint density at radius 1 is 0.960 bits per heavy atom. The van der Waals surface area contributed by atoms with Crippen molar-refractivity contribution in [2.45, 2.75) is 51.2 Å². The second-order valence-corrected chi connectivity index (χ2v) is 13.5. The number of aryl methyl sites for hydroxylation is 1. The minimum absolute atomic E-state index is 0.0406. The Kier molecular flexibility index (Phi) is 12.3. The number of amides is 1. The number of hydrazine groups is 1. The molecule has 2 aromatic heterocycles. The topological polar surface area (TPSA) is 147 Å². The number of carbonyl (C=O) groups excluding carboxylic acids is 1. The Balaban J connectivity index is 0.000000630. The van der Waals surface area contributed by atoms with Gasteiger partial charge in [-0.2, -0.15) is 28.4 Å². The molecule has 3 aromatic rings. The molecule has 6 rings (SSSR count). The van der Waals surface area contributed by atoms with Crippen molar-refractivity contribution in [3.63, 3.8) is 0 Å². The summed E-state index contributed by atoms with van der Waals surface area (Å²) >= 11 is 0. The number of hydrogen-bond acceptors (Lipinski definition) is 10. The average molecular weight is 699 g/mol. The van der Waals surface area contributed by atoms with Crippen LogP contribution in [-0.2, 0) is 18.4 Å². The number of hydrogen-bond donors (Lipinski definition) is 2. The van der Waals surface area contributed by atoms with Gasteiger partial charge in [0.1, 0.15) is 6.07 Å². The normalized spacial score (nSPS) is 18.4. The van der Waals surface area contributed by atoms with Crippen molar-refractivity contribution in [2.75, 3.05) is 64.8 Å². The number of anilines is 1. The lowest BCUT2D eigenvalue weighted by atomic mass is 9.96. The highest BCUT2D eigenvalue weighted by Crippen LogP contribution is 2.27. The van der Waals surface area contributed by atoms with Crippen LogP contribution >= 0.6 is 0 Å². The first-order valence-electron chi connectivity index (χ1n) is 17.1. The number of alkyl halides is 3. The van der Waals surface area contributed by atoms with Gasteiger partial charge in [-0.3, -0.25) is 20.1 Å². The highest BCUT2D eigenvalue weighted by Gasteiger charge is 2.38. The molecule has 1 aliphatic carbocycles. The smallest absolute Gasteiger partial charge is 0.475 e. The van der Waals surface area contributed by atoms with Crippen LogP contribution in [0.1, 0.15) is 60.3 Å². The fourth-order valence-corrected chi connectivity index (χ4v) is 6.80. The van der Waals surface area contributed by atoms with E-state index in [0.717, 1.165) is 51.5 Å². The lowest BCUT2D eigenvalue weighted by Gasteiger charge is -2.38. The van der Waals surface area contributed by atoms with Crippen LogP contribution in [0.5, 0.6) is 0 Å². The number of aromatic nitrogens is 4. The van der Waals surface area contributed by atoms with Crippen LogP contribution in [0.15, 0.2) is 30.6 Å². The van der Waals surface area contributed by atoms with E-state index in [0.29, 0.717) is 35.0 Å². The van der Waals surface area contributed by atoms with Gasteiger partial charge in [0, 0.05) is 58.4 Å². The van der Waals surface area contributed by atoms with Gasteiger partial charge in [-0.1, -0.05) is 25.0 Å². The summed E-state index contributed by atoms with van der Waals surface area (Å²) in [5.74, 6) is -1.19. The molecular weight excluding hydrogens is 653 g/mol. The number of carbonyl (C=O) groups is 2. The molecule has 1 aromatic carbocycles. The molecule has 13 nitrogen and oxygen atoms in total. The van der Waals surface area contributed by atoms with E-state index in [-0.39, 0.29) is 11.7 Å². The number of piperidine rings is 1. The SMILES string of the molecule is CN1CCC(CN2CCN(Cc3ccc(C(=O)N(CC4CCCC4)Nc4nc(C#N)nc5c4ncn5C)cc3)CC2)CC1.O=C(O)C(F)(F)F. The fourth-order valence-electron chi connectivity index (χ4n) is 6.80. The number of nitriles is 1. The van der Waals surface area contributed by atoms with Crippen molar-refractivity contribution in [2.24, 2.45) is 18.9 Å². The van der Waals surface area contributed by atoms with E-state index >= 15 is 0 Å². The third-order valence-corrected chi connectivity index (χ3v) is 9.73. The summed E-state index contributed by atoms with van der Waals surface area (Å²) < 4.78 is 33.5. The summed E-state index contributed by atoms with van der Waals surface area (Å²) in [4.78, 5) is 43.5. The third kappa shape index (κ3) is 9.89. The predicted octanol–water partition coefficient (Wildman–Crippen LogP) is 3.99. The zero-order valence-electron chi connectivity index (χ0n) is 28.6. The van der Waals surface area contributed by atoms with Gasteiger partial charge in [0.15, 0.2) is 17.0 Å². The molecule has 0 bridgehead atoms. The zero-order valence-corrected chi connectivity index (χ0v) is 28.6. The average Bonchev–Trinajstić information content (AvgIpc) is 3.76. The minimum atomic E-state index is -5.08. The molecule has 2 aliphatic heterocycles. The Labute approximate surface area is 289 Å². The Morgan fingerprint density at radius 3 is 2.18 bits per heavy atom. The summed E-state index contributed by atoms with van der Waals surface area (Å²) in [6.45, 7) is 9.59. The van der Waals surface area contributed by atoms with Gasteiger partial charge in [-0.15, -0.1) is 0 Å². The van der Waals surface area contributed by atoms with Crippen LogP contribution in [0.25, 0.3) is 11.2 Å². The second kappa shape index (κ2) is 16.6. The standard InChI is InChI=1S/C32H44N10O.C2HF3O2/c1-38-13-11-26(12-14-38)21-41-17-15-40(16-18-41)20-25-7-9-27(10-8-25)32(43)42(22-24-5-3-4-6-24)37-30-29-31(39(2)23-34-29)36-28(19-33)35-30;3-2(4,5)1(6)7/h7-10,23-24,26H,3-6,11-18,20-22H2,1-2H3,(H,35,36,37);(H,6,7). The summed E-state index contributed by atoms with van der Waals surface area (Å²) in [5.41, 5.74) is 6.18. The summed E-state index contributed by atoms with van der Waals surface area (Å²) in [5, 5.41) is 18.3. The second-order valence-electron chi connectivity index (χ2n) is 13.5. The number of imidazole rings is 1. The molecule has 0 unspecified atom stereocenters. The van der Waals surface area contributed by atoms with E-state index in [1.807, 2.05) is 25.2 Å². The lowest BCUT2D eigenvalue weighted by molar-refractivity contribution is -0.192. The summed E-state index contributed by atoms with van der Waals surface area (Å²) in [6, 6.07) is 10.1. The maximum absolute atomic E-state index is 13.9. The molecule has 0 atom stereocenters. The molecule has 3 fully saturated rings. The van der Waals surface area contributed by atoms with Gasteiger partial charge in [0.05, 0.1) is 6.33 Å². The Hall–Kier alpha value is -4.33. The number of carboxylic acids is 1. The largest absolute Gasteiger partial charge is 0.490 e. The van der Waals surface area contributed by atoms with Crippen molar-refractivity contribution in [3.8, 4) is 6.07 Å². The van der Waals surface area contributed by atoms with Crippen LogP contribution in [-0.4, -0.2) is 122 Å². The van der Waals surface area contributed by atoms with Crippen molar-refractivity contribution < 1.29 is 27.9 Å². The highest BCUT2D eigenvalue weighted by molar-refractivity contribution is 5.95. The quantitative estimate of drug-likeness (QED) is 0.313. The minimum Gasteiger partial charge on any atom is -0.475 e. The third-order valence-electron chi connectivity index (χ3n) is 9.73. The molecule has 3 aliphatic rings. The molecule has 4 heterocycles. The lowest BCUT2D eigenvalue weighted by Crippen LogP contribution is -2.48. The molecule has 270 valence electrons. The molecule has 1 amide bonds. The van der Waals surface area contributed by atoms with Gasteiger partial charge in [-0.05, 0) is 75.4 Å². The monoisotopic (exact) mass is 698 g/mol. The first-order valence-corrected chi connectivity index (χ1v) is 17.1. The number of rotatable bonds is 9. The van der Waals surface area contributed by atoms with Crippen LogP contribution in [0.3, 0.4) is 0 Å². The fraction of sp³-hybridized carbons (Fsp3) is 0.588. The molecular formula is C34H45F3N10O3. The van der Waals surface area contributed by atoms with E-state index in [4.69, 9.17) is 9.90 Å². The van der Waals surface area contributed by atoms with Gasteiger partial charge >= 0.3 is 12.1 Å². The number of piperazine rings is 1. The highest BCUT2D eigenvalue weighted by atomic mass is 19.4. The Bertz CT molecular complexity index is 1640. The number of nitrogens with zero attached hydrogens (tertiary/aromatic N) is 9. The van der Waals surface area contributed by atoms with Crippen LogP contribution in [0, 0.1) is 23.2 Å². The van der Waals surface area contributed by atoms with Crippen molar-refractivity contribution in [1.29, 1.82) is 5.26 Å². The van der Waals surface area contributed by atoms with Gasteiger partial charge < -0.3 is 19.5 Å². The first-order chi connectivity index (χ1) is 23.9. The van der Waals surface area contributed by atoms with Crippen molar-refractivity contribution in [3.05, 3.63) is 47.5 Å². The van der Waals surface area contributed by atoms with E-state index in [1.165, 1.54) is 50.9 Å². The molecule has 0 spiro atoms. The predicted molar refractivity (Wildman–Crippen MR) is 180 cm³/mol. The van der Waals surface area contributed by atoms with Gasteiger partial charge in [0.2, 0.25) is 5.82 Å². The van der Waals surface area contributed by atoms with Crippen LogP contribution in [0.2, 0.25) is 0 Å². The van der Waals surface area contributed by atoms with E-state index < -0.39 is 12.1 Å². The number of halogens is 3. The van der Waals surface area contributed by atoms with Crippen LogP contribution < -0.4 is 5.43 Å². The number of benzene rings is 1. The number of likely N-dealkylation sites (tertiary alicyclic amines) is 1. The van der Waals surface area contributed by atoms with Crippen molar-refractivity contribution >= 4 is 28.9 Å². The maximum Gasteiger partial charge on any atom is 0.490 e. The molecule has 16 heteroatoms. The number of aliphatic carboxylic acids is 1. The van der Waals surface area contributed by atoms with Gasteiger partial charge in [-0.25, -0.2) is 9.78 Å². The number of nitrogens with one attached hydrogen (secondary N) is 1. The van der Waals surface area contributed by atoms with Gasteiger partial charge in [0.25, 0.3) is 5.91 Å². The Morgan fingerprint density at radius 2 is 1.58 bits per heavy atom. The van der Waals surface area contributed by atoms with Crippen LogP contribution in [0.4, 0.5) is 19.0 Å². The van der Waals surface area contributed by atoms with Crippen molar-refractivity contribution in [1.82, 2.24) is 39.2 Å². The number of carboxylic acid groups (broad SMARTS) is 1. The maximum atomic E-state index is 13.9. The molecule has 2 N–H and O–H groups in total. The molecule has 2 saturated heterocycles. The first kappa shape index (κ1) is 36.9. The van der Waals surface area contributed by atoms with E-state index in [2.05, 4.69) is 54.3 Å². The number of fused-ring (bicyclic) bond motifs is 1.